The van der Waals surface area contributed by atoms with Gasteiger partial charge in [-0.2, -0.15) is 0 Å². The molecular weight excluding hydrogens is 458 g/mol. The summed E-state index contributed by atoms with van der Waals surface area (Å²) in [6.07, 6.45) is 0.441. The quantitative estimate of drug-likeness (QED) is 0.602. The monoisotopic (exact) mass is 481 g/mol. The van der Waals surface area contributed by atoms with Crippen molar-refractivity contribution in [3.63, 3.8) is 0 Å². The lowest BCUT2D eigenvalue weighted by Crippen LogP contribution is -2.40. The number of amides is 1. The fraction of sp³-hybridized carbons (Fsp3) is 0.381. The van der Waals surface area contributed by atoms with Crippen molar-refractivity contribution in [2.24, 2.45) is 0 Å². The van der Waals surface area contributed by atoms with Crippen LogP contribution in [0, 0.1) is 0 Å². The largest absolute Gasteiger partial charge is 0.493 e. The first-order chi connectivity index (χ1) is 13.8. The average Bonchev–Trinajstić information content (AvgIpc) is 3.07. The van der Waals surface area contributed by atoms with E-state index in [0.717, 1.165) is 5.56 Å². The normalized spacial score (nSPS) is 17.7. The number of carbonyl (C=O) groups excluding carboxylic acids is 1. The first-order valence-electron chi connectivity index (χ1n) is 9.40. The van der Waals surface area contributed by atoms with Crippen LogP contribution in [0.25, 0.3) is 0 Å². The number of halogens is 1. The first kappa shape index (κ1) is 21.6. The zero-order valence-electron chi connectivity index (χ0n) is 16.4. The third kappa shape index (κ3) is 5.11. The second-order valence-electron chi connectivity index (χ2n) is 6.90. The van der Waals surface area contributed by atoms with Crippen molar-refractivity contribution >= 4 is 31.7 Å². The molecule has 1 fully saturated rings. The maximum atomic E-state index is 13.5. The van der Waals surface area contributed by atoms with Gasteiger partial charge in [-0.3, -0.25) is 4.79 Å². The van der Waals surface area contributed by atoms with E-state index < -0.39 is 9.84 Å². The summed E-state index contributed by atoms with van der Waals surface area (Å²) in [5.74, 6) is 0.832. The summed E-state index contributed by atoms with van der Waals surface area (Å²) < 4.78 is 35.7. The Kier molecular flexibility index (Phi) is 6.85. The van der Waals surface area contributed by atoms with Crippen LogP contribution in [0.1, 0.15) is 29.3 Å². The van der Waals surface area contributed by atoms with Crippen LogP contribution in [0.3, 0.4) is 0 Å². The van der Waals surface area contributed by atoms with E-state index in [9.17, 15) is 13.2 Å². The van der Waals surface area contributed by atoms with Gasteiger partial charge in [0.05, 0.1) is 29.7 Å². The maximum Gasteiger partial charge on any atom is 0.254 e. The van der Waals surface area contributed by atoms with Crippen molar-refractivity contribution in [1.29, 1.82) is 0 Å². The van der Waals surface area contributed by atoms with Crippen LogP contribution < -0.4 is 9.47 Å². The minimum atomic E-state index is -3.13. The molecule has 0 aromatic heterocycles. The minimum Gasteiger partial charge on any atom is -0.493 e. The van der Waals surface area contributed by atoms with Gasteiger partial charge >= 0.3 is 0 Å². The SMILES string of the molecule is CCOc1c(Br)cc(C(=O)N(Cc2ccccc2)C2CCS(=O)(=O)C2)cc1OC. The first-order valence-corrected chi connectivity index (χ1v) is 12.0. The van der Waals surface area contributed by atoms with Gasteiger partial charge in [-0.05, 0) is 47.0 Å². The van der Waals surface area contributed by atoms with Gasteiger partial charge in [-0.15, -0.1) is 0 Å². The maximum absolute atomic E-state index is 13.5. The molecule has 1 aliphatic rings. The van der Waals surface area contributed by atoms with Crippen LogP contribution >= 0.6 is 15.9 Å². The van der Waals surface area contributed by atoms with E-state index in [0.29, 0.717) is 41.1 Å². The Morgan fingerprint density at radius 2 is 1.97 bits per heavy atom. The molecule has 29 heavy (non-hydrogen) atoms. The van der Waals surface area contributed by atoms with E-state index in [-0.39, 0.29) is 23.5 Å². The number of nitrogens with zero attached hydrogens (tertiary/aromatic N) is 1. The lowest BCUT2D eigenvalue weighted by molar-refractivity contribution is 0.0680. The molecule has 1 unspecified atom stereocenters. The molecule has 6 nitrogen and oxygen atoms in total. The smallest absolute Gasteiger partial charge is 0.254 e. The summed E-state index contributed by atoms with van der Waals surface area (Å²) >= 11 is 3.45. The Hall–Kier alpha value is -2.06. The third-order valence-electron chi connectivity index (χ3n) is 4.87. The van der Waals surface area contributed by atoms with Crippen LogP contribution in [0.15, 0.2) is 46.9 Å². The van der Waals surface area contributed by atoms with Crippen LogP contribution in [0.5, 0.6) is 11.5 Å². The molecule has 0 bridgehead atoms. The van der Waals surface area contributed by atoms with Gasteiger partial charge in [-0.25, -0.2) is 8.42 Å². The van der Waals surface area contributed by atoms with Crippen LogP contribution in [-0.4, -0.2) is 50.5 Å². The number of hydrogen-bond donors (Lipinski definition) is 0. The van der Waals surface area contributed by atoms with Crippen molar-refractivity contribution in [1.82, 2.24) is 4.90 Å². The Balaban J connectivity index is 1.97. The molecule has 1 aliphatic heterocycles. The number of methoxy groups -OCH3 is 1. The number of ether oxygens (including phenoxy) is 2. The van der Waals surface area contributed by atoms with E-state index in [1.807, 2.05) is 37.3 Å². The third-order valence-corrected chi connectivity index (χ3v) is 7.21. The Bertz CT molecular complexity index is 978. The van der Waals surface area contributed by atoms with Gasteiger partial charge < -0.3 is 14.4 Å². The molecule has 8 heteroatoms. The van der Waals surface area contributed by atoms with Crippen LogP contribution in [-0.2, 0) is 16.4 Å². The topological polar surface area (TPSA) is 72.9 Å². The van der Waals surface area contributed by atoms with Crippen molar-refractivity contribution in [3.05, 3.63) is 58.1 Å². The van der Waals surface area contributed by atoms with Gasteiger partial charge in [0, 0.05) is 18.2 Å². The van der Waals surface area contributed by atoms with Gasteiger partial charge in [0.1, 0.15) is 0 Å². The highest BCUT2D eigenvalue weighted by atomic mass is 79.9. The molecule has 1 amide bonds. The lowest BCUT2D eigenvalue weighted by atomic mass is 10.1. The second kappa shape index (κ2) is 9.17. The molecule has 1 heterocycles. The molecule has 0 saturated carbocycles. The number of rotatable bonds is 7. The summed E-state index contributed by atoms with van der Waals surface area (Å²) in [5, 5.41) is 0. The molecule has 3 rings (SSSR count). The summed E-state index contributed by atoms with van der Waals surface area (Å²) in [6.45, 7) is 2.67. The van der Waals surface area contributed by atoms with Gasteiger partial charge in [0.25, 0.3) is 5.91 Å². The molecular formula is C21H24BrNO5S. The molecule has 1 saturated heterocycles. The molecule has 2 aromatic carbocycles. The van der Waals surface area contributed by atoms with E-state index in [1.54, 1.807) is 17.0 Å². The van der Waals surface area contributed by atoms with Gasteiger partial charge in [0.2, 0.25) is 0 Å². The van der Waals surface area contributed by atoms with E-state index in [2.05, 4.69) is 15.9 Å². The molecule has 0 spiro atoms. The van der Waals surface area contributed by atoms with Crippen molar-refractivity contribution in [3.8, 4) is 11.5 Å². The molecule has 0 N–H and O–H groups in total. The number of benzene rings is 2. The zero-order chi connectivity index (χ0) is 21.0. The Morgan fingerprint density at radius 3 is 2.55 bits per heavy atom. The van der Waals surface area contributed by atoms with E-state index in [1.165, 1.54) is 7.11 Å². The summed E-state index contributed by atoms with van der Waals surface area (Å²) in [5.41, 5.74) is 1.36. The van der Waals surface area contributed by atoms with Crippen molar-refractivity contribution < 1.29 is 22.7 Å². The molecule has 2 aromatic rings. The van der Waals surface area contributed by atoms with Crippen LogP contribution in [0.4, 0.5) is 0 Å². The predicted octanol–water partition coefficient (Wildman–Crippen LogP) is 3.69. The molecule has 1 atom stereocenters. The van der Waals surface area contributed by atoms with E-state index >= 15 is 0 Å². The Morgan fingerprint density at radius 1 is 1.24 bits per heavy atom. The Labute approximate surface area is 179 Å². The van der Waals surface area contributed by atoms with Crippen molar-refractivity contribution in [2.45, 2.75) is 25.9 Å². The zero-order valence-corrected chi connectivity index (χ0v) is 18.8. The van der Waals surface area contributed by atoms with Gasteiger partial charge in [0.15, 0.2) is 21.3 Å². The molecule has 0 aliphatic carbocycles. The average molecular weight is 482 g/mol. The summed E-state index contributed by atoms with van der Waals surface area (Å²) in [6, 6.07) is 12.5. The summed E-state index contributed by atoms with van der Waals surface area (Å²) in [4.78, 5) is 15.1. The predicted molar refractivity (Wildman–Crippen MR) is 115 cm³/mol. The van der Waals surface area contributed by atoms with Crippen LogP contribution in [0.2, 0.25) is 0 Å². The van der Waals surface area contributed by atoms with E-state index in [4.69, 9.17) is 9.47 Å². The highest BCUT2D eigenvalue weighted by molar-refractivity contribution is 9.10. The summed E-state index contributed by atoms with van der Waals surface area (Å²) in [7, 11) is -1.61. The fourth-order valence-electron chi connectivity index (χ4n) is 3.46. The molecule has 156 valence electrons. The number of carbonyl (C=O) groups is 1. The number of sulfone groups is 1. The standard InChI is InChI=1S/C21H24BrNO5S/c1-3-28-20-18(22)11-16(12-19(20)27-2)21(24)23(13-15-7-5-4-6-8-15)17-9-10-29(25,26)14-17/h4-8,11-12,17H,3,9-10,13-14H2,1-2H3. The highest BCUT2D eigenvalue weighted by Gasteiger charge is 2.35. The minimum absolute atomic E-state index is 0.0130. The highest BCUT2D eigenvalue weighted by Crippen LogP contribution is 2.37. The lowest BCUT2D eigenvalue weighted by Gasteiger charge is -2.29. The fourth-order valence-corrected chi connectivity index (χ4v) is 5.75. The molecule has 0 radical (unpaired) electrons. The van der Waals surface area contributed by atoms with Gasteiger partial charge in [-0.1, -0.05) is 30.3 Å². The second-order valence-corrected chi connectivity index (χ2v) is 9.98. The number of hydrogen-bond acceptors (Lipinski definition) is 5. The van der Waals surface area contributed by atoms with Crippen molar-refractivity contribution in [2.75, 3.05) is 25.2 Å².